The molecule has 5 heteroatoms. The molecule has 1 saturated carbocycles. The molecule has 1 aromatic carbocycles. The minimum Gasteiger partial charge on any atom is -0.486 e. The zero-order valence-corrected chi connectivity index (χ0v) is 15.1. The fraction of sp³-hybridized carbons (Fsp3) is 0.474. The number of nitrogens with zero attached hydrogens (tertiary/aromatic N) is 2. The number of carbonyl (C=O) groups is 1. The second kappa shape index (κ2) is 7.79. The summed E-state index contributed by atoms with van der Waals surface area (Å²) in [6.45, 7) is 5.31. The summed E-state index contributed by atoms with van der Waals surface area (Å²) in [5.74, 6) is 1.39. The summed E-state index contributed by atoms with van der Waals surface area (Å²) in [6.07, 6.45) is 3.05. The molecule has 0 radical (unpaired) electrons. The highest BCUT2D eigenvalue weighted by Gasteiger charge is 2.35. The zero-order chi connectivity index (χ0) is 16.9. The molecule has 128 valence electrons. The molecule has 1 amide bonds. The van der Waals surface area contributed by atoms with E-state index >= 15 is 0 Å². The van der Waals surface area contributed by atoms with Gasteiger partial charge in [0.05, 0.1) is 12.2 Å². The first-order valence-corrected chi connectivity index (χ1v) is 9.47. The number of aromatic nitrogens is 1. The van der Waals surface area contributed by atoms with Gasteiger partial charge in [0.25, 0.3) is 0 Å². The minimum atomic E-state index is 0.249. The molecule has 0 spiro atoms. The lowest BCUT2D eigenvalue weighted by molar-refractivity contribution is -0.135. The van der Waals surface area contributed by atoms with Crippen molar-refractivity contribution in [2.24, 2.45) is 5.92 Å². The van der Waals surface area contributed by atoms with E-state index in [0.717, 1.165) is 35.7 Å². The van der Waals surface area contributed by atoms with Crippen molar-refractivity contribution < 1.29 is 9.53 Å². The van der Waals surface area contributed by atoms with Gasteiger partial charge in [-0.2, -0.15) is 0 Å². The average molecular weight is 344 g/mol. The van der Waals surface area contributed by atoms with E-state index in [2.05, 4.69) is 18.8 Å². The third-order valence-electron chi connectivity index (χ3n) is 4.37. The highest BCUT2D eigenvalue weighted by molar-refractivity contribution is 7.09. The van der Waals surface area contributed by atoms with Crippen LogP contribution < -0.4 is 4.74 Å². The van der Waals surface area contributed by atoms with E-state index in [9.17, 15) is 4.79 Å². The Labute approximate surface area is 147 Å². The fourth-order valence-electron chi connectivity index (χ4n) is 2.56. The Balaban J connectivity index is 1.60. The summed E-state index contributed by atoms with van der Waals surface area (Å²) < 4.78 is 5.74. The van der Waals surface area contributed by atoms with Gasteiger partial charge in [-0.3, -0.25) is 4.79 Å². The van der Waals surface area contributed by atoms with Gasteiger partial charge in [-0.1, -0.05) is 25.1 Å². The van der Waals surface area contributed by atoms with Crippen LogP contribution in [-0.2, 0) is 17.9 Å². The third kappa shape index (κ3) is 4.35. The number of hydrogen-bond donors (Lipinski definition) is 0. The maximum Gasteiger partial charge on any atom is 0.226 e. The predicted octanol–water partition coefficient (Wildman–Crippen LogP) is 4.26. The molecular formula is C19H24N2O2S. The average Bonchev–Trinajstić information content (AvgIpc) is 3.37. The van der Waals surface area contributed by atoms with Crippen LogP contribution in [0.15, 0.2) is 35.7 Å². The van der Waals surface area contributed by atoms with Crippen LogP contribution in [-0.4, -0.2) is 21.8 Å². The maximum atomic E-state index is 12.5. The first kappa shape index (κ1) is 17.0. The van der Waals surface area contributed by atoms with E-state index in [0.29, 0.717) is 19.1 Å². The van der Waals surface area contributed by atoms with E-state index in [4.69, 9.17) is 4.74 Å². The molecular weight excluding hydrogens is 320 g/mol. The highest BCUT2D eigenvalue weighted by atomic mass is 32.1. The standard InChI is InChI=1S/C19H24N2O2S/c1-3-14(2)21(19(22)15-9-10-15)11-16-13-24-18(20-16)12-23-17-7-5-4-6-8-17/h4-8,13-15H,3,9-12H2,1-2H3/t14-/m1/s1. The molecule has 0 saturated heterocycles. The molecule has 0 aliphatic heterocycles. The second-order valence-corrected chi connectivity index (χ2v) is 7.27. The molecule has 3 rings (SSSR count). The Morgan fingerprint density at radius 2 is 2.12 bits per heavy atom. The monoisotopic (exact) mass is 344 g/mol. The van der Waals surface area contributed by atoms with Crippen LogP contribution in [0.5, 0.6) is 5.75 Å². The summed E-state index contributed by atoms with van der Waals surface area (Å²) in [7, 11) is 0. The first-order chi connectivity index (χ1) is 11.7. The number of amides is 1. The van der Waals surface area contributed by atoms with Gasteiger partial charge in [-0.05, 0) is 38.3 Å². The number of para-hydroxylation sites is 1. The van der Waals surface area contributed by atoms with E-state index in [1.165, 1.54) is 0 Å². The molecule has 0 N–H and O–H groups in total. The molecule has 1 fully saturated rings. The van der Waals surface area contributed by atoms with E-state index in [-0.39, 0.29) is 12.0 Å². The molecule has 0 unspecified atom stereocenters. The fourth-order valence-corrected chi connectivity index (χ4v) is 3.26. The van der Waals surface area contributed by atoms with Gasteiger partial charge in [0.1, 0.15) is 17.4 Å². The van der Waals surface area contributed by atoms with E-state index in [1.54, 1.807) is 11.3 Å². The number of benzene rings is 1. The first-order valence-electron chi connectivity index (χ1n) is 8.59. The van der Waals surface area contributed by atoms with E-state index in [1.807, 2.05) is 40.6 Å². The summed E-state index contributed by atoms with van der Waals surface area (Å²) in [6, 6.07) is 10.0. The summed E-state index contributed by atoms with van der Waals surface area (Å²) in [5, 5.41) is 2.98. The van der Waals surface area contributed by atoms with Crippen LogP contribution >= 0.6 is 11.3 Å². The number of rotatable bonds is 8. The maximum absolute atomic E-state index is 12.5. The summed E-state index contributed by atoms with van der Waals surface area (Å²) in [5.41, 5.74) is 0.959. The molecule has 1 atom stereocenters. The van der Waals surface area contributed by atoms with Crippen molar-refractivity contribution in [1.82, 2.24) is 9.88 Å². The molecule has 2 aromatic rings. The van der Waals surface area contributed by atoms with Gasteiger partial charge in [-0.15, -0.1) is 11.3 Å². The lowest BCUT2D eigenvalue weighted by Crippen LogP contribution is -2.38. The normalized spacial score (nSPS) is 15.1. The van der Waals surface area contributed by atoms with Crippen molar-refractivity contribution >= 4 is 17.2 Å². The minimum absolute atomic E-state index is 0.249. The lowest BCUT2D eigenvalue weighted by atomic mass is 10.2. The van der Waals surface area contributed by atoms with Crippen LogP contribution in [0.4, 0.5) is 0 Å². The van der Waals surface area contributed by atoms with Crippen LogP contribution in [0.1, 0.15) is 43.8 Å². The van der Waals surface area contributed by atoms with Crippen molar-refractivity contribution in [3.63, 3.8) is 0 Å². The SMILES string of the molecule is CC[C@@H](C)N(Cc1csc(COc2ccccc2)n1)C(=O)C1CC1. The van der Waals surface area contributed by atoms with Gasteiger partial charge < -0.3 is 9.64 Å². The molecule has 4 nitrogen and oxygen atoms in total. The van der Waals surface area contributed by atoms with Gasteiger partial charge in [0.15, 0.2) is 0 Å². The number of carbonyl (C=O) groups excluding carboxylic acids is 1. The van der Waals surface area contributed by atoms with Gasteiger partial charge in [-0.25, -0.2) is 4.98 Å². The Kier molecular flexibility index (Phi) is 5.51. The van der Waals surface area contributed by atoms with Crippen molar-refractivity contribution in [2.75, 3.05) is 0 Å². The zero-order valence-electron chi connectivity index (χ0n) is 14.3. The van der Waals surface area contributed by atoms with Crippen molar-refractivity contribution in [3.05, 3.63) is 46.4 Å². The molecule has 1 aliphatic rings. The molecule has 0 bridgehead atoms. The smallest absolute Gasteiger partial charge is 0.226 e. The Morgan fingerprint density at radius 1 is 1.38 bits per heavy atom. The molecule has 24 heavy (non-hydrogen) atoms. The Bertz CT molecular complexity index is 667. The summed E-state index contributed by atoms with van der Waals surface area (Å²) in [4.78, 5) is 19.1. The second-order valence-electron chi connectivity index (χ2n) is 6.33. The van der Waals surface area contributed by atoms with E-state index < -0.39 is 0 Å². The highest BCUT2D eigenvalue weighted by Crippen LogP contribution is 2.32. The van der Waals surface area contributed by atoms with Gasteiger partial charge in [0.2, 0.25) is 5.91 Å². The van der Waals surface area contributed by atoms with Crippen LogP contribution in [0.3, 0.4) is 0 Å². The van der Waals surface area contributed by atoms with Crippen LogP contribution in [0, 0.1) is 5.92 Å². The van der Waals surface area contributed by atoms with Crippen LogP contribution in [0.25, 0.3) is 0 Å². The van der Waals surface area contributed by atoms with Crippen LogP contribution in [0.2, 0.25) is 0 Å². The predicted molar refractivity (Wildman–Crippen MR) is 95.9 cm³/mol. The number of hydrogen-bond acceptors (Lipinski definition) is 4. The molecule has 1 heterocycles. The van der Waals surface area contributed by atoms with Crippen molar-refractivity contribution in [1.29, 1.82) is 0 Å². The quantitative estimate of drug-likeness (QED) is 0.718. The van der Waals surface area contributed by atoms with Crippen molar-refractivity contribution in [3.8, 4) is 5.75 Å². The van der Waals surface area contributed by atoms with Gasteiger partial charge in [0, 0.05) is 17.3 Å². The van der Waals surface area contributed by atoms with Crippen molar-refractivity contribution in [2.45, 2.75) is 52.3 Å². The lowest BCUT2D eigenvalue weighted by Gasteiger charge is -2.28. The Hall–Kier alpha value is -1.88. The molecule has 1 aliphatic carbocycles. The summed E-state index contributed by atoms with van der Waals surface area (Å²) >= 11 is 1.59. The molecule has 1 aromatic heterocycles. The largest absolute Gasteiger partial charge is 0.486 e. The number of thiazole rings is 1. The number of ether oxygens (including phenoxy) is 1. The van der Waals surface area contributed by atoms with Gasteiger partial charge >= 0.3 is 0 Å². The third-order valence-corrected chi connectivity index (χ3v) is 5.24. The topological polar surface area (TPSA) is 42.4 Å². The Morgan fingerprint density at radius 3 is 2.79 bits per heavy atom.